The van der Waals surface area contributed by atoms with Crippen molar-refractivity contribution in [2.45, 2.75) is 164 Å². The molecule has 8 nitrogen and oxygen atoms in total. The molecule has 1 N–H and O–H groups in total. The molecule has 0 unspecified atom stereocenters. The number of esters is 1. The van der Waals surface area contributed by atoms with Crippen molar-refractivity contribution in [2.75, 3.05) is 39.4 Å². The second-order valence-electron chi connectivity index (χ2n) is 23.6. The predicted molar refractivity (Wildman–Crippen MR) is 216 cm³/mol. The van der Waals surface area contributed by atoms with Crippen LogP contribution in [0.5, 0.6) is 0 Å². The van der Waals surface area contributed by atoms with E-state index in [2.05, 4.69) is 51.3 Å². The highest BCUT2D eigenvalue weighted by atomic mass is 16.5. The van der Waals surface area contributed by atoms with Crippen molar-refractivity contribution in [3.63, 3.8) is 0 Å². The van der Waals surface area contributed by atoms with Crippen molar-refractivity contribution < 1.29 is 29.0 Å². The molecule has 1 amide bonds. The summed E-state index contributed by atoms with van der Waals surface area (Å²) in [5, 5.41) is 9.70. The minimum absolute atomic E-state index is 0.137. The number of carbonyl (C=O) groups is 3. The first-order valence-electron chi connectivity index (χ1n) is 23.4. The van der Waals surface area contributed by atoms with Crippen LogP contribution < -0.4 is 0 Å². The summed E-state index contributed by atoms with van der Waals surface area (Å²) in [6.45, 7) is 24.8. The molecule has 0 radical (unpaired) electrons. The van der Waals surface area contributed by atoms with Crippen LogP contribution in [0.15, 0.2) is 0 Å². The molecule has 9 fully saturated rings. The van der Waals surface area contributed by atoms with Crippen molar-refractivity contribution in [2.24, 2.45) is 79.3 Å². The van der Waals surface area contributed by atoms with Gasteiger partial charge in [0.25, 0.3) is 0 Å². The third-order valence-corrected chi connectivity index (χ3v) is 21.1. The lowest BCUT2D eigenvalue weighted by atomic mass is 9.32. The largest absolute Gasteiger partial charge is 0.481 e. The van der Waals surface area contributed by atoms with Crippen LogP contribution in [0.1, 0.15) is 152 Å². The molecular formula is C48H76N2O6. The van der Waals surface area contributed by atoms with E-state index in [9.17, 15) is 14.7 Å². The molecular weight excluding hydrogens is 701 g/mol. The first-order chi connectivity index (χ1) is 26.3. The van der Waals surface area contributed by atoms with Crippen molar-refractivity contribution in [3.05, 3.63) is 0 Å². The molecule has 2 heterocycles. The molecule has 0 aromatic rings. The van der Waals surface area contributed by atoms with E-state index < -0.39 is 17.3 Å². The van der Waals surface area contributed by atoms with Gasteiger partial charge in [-0.3, -0.25) is 19.3 Å². The standard InChI is InChI=1S/C48H76N2O6/c1-42(2)33(39(51)52)28-34(42)40(53)56-37-15-16-45(6)35(43(37,3)4)14-17-47(8)36(45)12-11-32-38-31(44(5)19-20-44)13-18-48(38,22-21-46(32,47)7)41(54)50-23-9-10-30(50)29-49-24-26-55-27-25-49/h30-38H,9-29H2,1-8H3,(H,51,52)/t30-,31+,32+,33+,34-,35-,36+,37-,38+,45-,46+,47+,48-/m0/s1. The highest BCUT2D eigenvalue weighted by Crippen LogP contribution is 2.79. The molecule has 0 aromatic heterocycles. The molecule has 0 aromatic carbocycles. The zero-order chi connectivity index (χ0) is 39.8. The maximum atomic E-state index is 15.5. The van der Waals surface area contributed by atoms with Crippen LogP contribution in [-0.2, 0) is 23.9 Å². The summed E-state index contributed by atoms with van der Waals surface area (Å²) in [5.41, 5.74) is 0.0708. The van der Waals surface area contributed by atoms with Gasteiger partial charge in [-0.15, -0.1) is 0 Å². The van der Waals surface area contributed by atoms with Crippen molar-refractivity contribution in [1.29, 1.82) is 0 Å². The van der Waals surface area contributed by atoms with E-state index in [1.807, 2.05) is 13.8 Å². The number of aliphatic carboxylic acids is 1. The summed E-state index contributed by atoms with van der Waals surface area (Å²) in [5.74, 6) is 1.57. The fourth-order valence-corrected chi connectivity index (χ4v) is 17.1. The lowest BCUT2D eigenvalue weighted by molar-refractivity contribution is -0.253. The molecule has 0 bridgehead atoms. The summed E-state index contributed by atoms with van der Waals surface area (Å²) >= 11 is 0. The maximum absolute atomic E-state index is 15.5. The molecule has 9 aliphatic rings. The van der Waals surface area contributed by atoms with Crippen molar-refractivity contribution >= 4 is 17.8 Å². The van der Waals surface area contributed by atoms with E-state index in [1.54, 1.807) is 0 Å². The maximum Gasteiger partial charge on any atom is 0.309 e. The number of carboxylic acid groups (broad SMARTS) is 1. The van der Waals surface area contributed by atoms with Gasteiger partial charge < -0.3 is 19.5 Å². The number of rotatable bonds is 7. The average molecular weight is 777 g/mol. The van der Waals surface area contributed by atoms with Gasteiger partial charge in [-0.1, -0.05) is 55.4 Å². The summed E-state index contributed by atoms with van der Waals surface area (Å²) < 4.78 is 12.2. The van der Waals surface area contributed by atoms with Gasteiger partial charge in [-0.2, -0.15) is 0 Å². The Kier molecular flexibility index (Phi) is 9.35. The molecule has 2 aliphatic heterocycles. The van der Waals surface area contributed by atoms with E-state index in [-0.39, 0.29) is 45.1 Å². The first-order valence-corrected chi connectivity index (χ1v) is 23.4. The van der Waals surface area contributed by atoms with Gasteiger partial charge in [0.05, 0.1) is 30.5 Å². The number of amides is 1. The molecule has 8 heteroatoms. The number of nitrogens with zero attached hydrogens (tertiary/aromatic N) is 2. The Morgan fingerprint density at radius 2 is 1.43 bits per heavy atom. The Labute approximate surface area is 338 Å². The Morgan fingerprint density at radius 1 is 0.696 bits per heavy atom. The molecule has 56 heavy (non-hydrogen) atoms. The fourth-order valence-electron chi connectivity index (χ4n) is 17.1. The minimum atomic E-state index is -0.804. The molecule has 13 atom stereocenters. The van der Waals surface area contributed by atoms with Crippen LogP contribution in [-0.4, -0.2) is 84.3 Å². The van der Waals surface area contributed by atoms with E-state index in [0.717, 1.165) is 84.3 Å². The zero-order valence-corrected chi connectivity index (χ0v) is 36.4. The number of carboxylic acids is 1. The normalized spacial score (nSPS) is 48.7. The molecule has 7 saturated carbocycles. The Balaban J connectivity index is 0.966. The quantitative estimate of drug-likeness (QED) is 0.258. The number of likely N-dealkylation sites (tertiary alicyclic amines) is 1. The third kappa shape index (κ3) is 5.50. The summed E-state index contributed by atoms with van der Waals surface area (Å²) in [6, 6.07) is 0.350. The Bertz CT molecular complexity index is 1600. The zero-order valence-electron chi connectivity index (χ0n) is 36.4. The molecule has 0 spiro atoms. The molecule has 9 rings (SSSR count). The van der Waals surface area contributed by atoms with Gasteiger partial charge in [0, 0.05) is 37.6 Å². The van der Waals surface area contributed by atoms with Gasteiger partial charge in [-0.25, -0.2) is 0 Å². The van der Waals surface area contributed by atoms with Crippen LogP contribution in [0, 0.1) is 79.3 Å². The number of ether oxygens (including phenoxy) is 2. The molecule has 314 valence electrons. The van der Waals surface area contributed by atoms with Gasteiger partial charge in [-0.05, 0) is 153 Å². The van der Waals surface area contributed by atoms with Crippen molar-refractivity contribution in [3.8, 4) is 0 Å². The lowest BCUT2D eigenvalue weighted by Gasteiger charge is -2.73. The summed E-state index contributed by atoms with van der Waals surface area (Å²) in [4.78, 5) is 46.0. The van der Waals surface area contributed by atoms with Gasteiger partial charge in [0.2, 0.25) is 5.91 Å². The number of carbonyl (C=O) groups excluding carboxylic acids is 2. The Hall–Kier alpha value is -1.67. The molecule has 2 saturated heterocycles. The Morgan fingerprint density at radius 3 is 2.11 bits per heavy atom. The van der Waals surface area contributed by atoms with E-state index in [0.29, 0.717) is 53.4 Å². The van der Waals surface area contributed by atoms with E-state index >= 15 is 4.79 Å². The van der Waals surface area contributed by atoms with Crippen LogP contribution in [0.3, 0.4) is 0 Å². The number of fused-ring (bicyclic) bond motifs is 7. The van der Waals surface area contributed by atoms with Crippen LogP contribution in [0.4, 0.5) is 0 Å². The SMILES string of the molecule is CC1([C@@H]2CC[C@]3(C(=O)N4CCC[C@H]4CN4CCOCC4)CC[C@]4(C)[C@H](CC[C@@H]5[C@@]6(C)CC[C@H](OC(=O)[C@@H]7C[C@H](C(=O)O)C7(C)C)C(C)(C)[C@@H]6CC[C@]54C)[C@@H]23)CC1. The van der Waals surface area contributed by atoms with Gasteiger partial charge in [0.15, 0.2) is 0 Å². The highest BCUT2D eigenvalue weighted by molar-refractivity contribution is 5.84. The van der Waals surface area contributed by atoms with Crippen LogP contribution in [0.25, 0.3) is 0 Å². The van der Waals surface area contributed by atoms with Crippen LogP contribution >= 0.6 is 0 Å². The lowest BCUT2D eigenvalue weighted by Crippen LogP contribution is -2.68. The van der Waals surface area contributed by atoms with Gasteiger partial charge in [0.1, 0.15) is 6.10 Å². The number of hydrogen-bond acceptors (Lipinski definition) is 6. The van der Waals surface area contributed by atoms with Crippen LogP contribution in [0.2, 0.25) is 0 Å². The van der Waals surface area contributed by atoms with Crippen molar-refractivity contribution in [1.82, 2.24) is 9.80 Å². The fraction of sp³-hybridized carbons (Fsp3) is 0.938. The number of hydrogen-bond donors (Lipinski definition) is 1. The number of morpholine rings is 1. The third-order valence-electron chi connectivity index (χ3n) is 21.1. The highest BCUT2D eigenvalue weighted by Gasteiger charge is 2.74. The second kappa shape index (κ2) is 13.2. The second-order valence-corrected chi connectivity index (χ2v) is 23.6. The summed E-state index contributed by atoms with van der Waals surface area (Å²) in [7, 11) is 0. The smallest absolute Gasteiger partial charge is 0.309 e. The monoisotopic (exact) mass is 777 g/mol. The predicted octanol–water partition coefficient (Wildman–Crippen LogP) is 8.85. The molecule has 7 aliphatic carbocycles. The minimum Gasteiger partial charge on any atom is -0.481 e. The first kappa shape index (κ1) is 39.8. The topological polar surface area (TPSA) is 96.4 Å². The summed E-state index contributed by atoms with van der Waals surface area (Å²) in [6.07, 6.45) is 16.7. The van der Waals surface area contributed by atoms with E-state index in [4.69, 9.17) is 9.47 Å². The van der Waals surface area contributed by atoms with E-state index in [1.165, 1.54) is 44.9 Å². The average Bonchev–Trinajstić information content (AvgIpc) is 3.51. The van der Waals surface area contributed by atoms with Gasteiger partial charge >= 0.3 is 11.9 Å².